The number of hydrogen-bond donors (Lipinski definition) is 1. The molecule has 0 saturated heterocycles. The SMILES string of the molecule is Cc1ccc(-c2cn3c(C(=O)Nc4cccc(Cl)c4C)csc3n2)cc1. The van der Waals surface area contributed by atoms with E-state index in [0.29, 0.717) is 16.4 Å². The van der Waals surface area contributed by atoms with Crippen LogP contribution in [0.5, 0.6) is 0 Å². The summed E-state index contributed by atoms with van der Waals surface area (Å²) >= 11 is 7.58. The van der Waals surface area contributed by atoms with E-state index < -0.39 is 0 Å². The molecule has 1 amide bonds. The monoisotopic (exact) mass is 381 g/mol. The molecule has 6 heteroatoms. The van der Waals surface area contributed by atoms with Crippen LogP contribution in [0.2, 0.25) is 5.02 Å². The van der Waals surface area contributed by atoms with Gasteiger partial charge in [0.1, 0.15) is 5.69 Å². The van der Waals surface area contributed by atoms with Gasteiger partial charge < -0.3 is 5.32 Å². The molecule has 4 aromatic rings. The van der Waals surface area contributed by atoms with Crippen molar-refractivity contribution < 1.29 is 4.79 Å². The van der Waals surface area contributed by atoms with Crippen LogP contribution in [0, 0.1) is 13.8 Å². The van der Waals surface area contributed by atoms with Gasteiger partial charge in [0.25, 0.3) is 5.91 Å². The third kappa shape index (κ3) is 3.00. The Labute approximate surface area is 160 Å². The smallest absolute Gasteiger partial charge is 0.273 e. The molecule has 0 radical (unpaired) electrons. The van der Waals surface area contributed by atoms with Crippen molar-refractivity contribution in [2.75, 3.05) is 5.32 Å². The van der Waals surface area contributed by atoms with Gasteiger partial charge in [-0.25, -0.2) is 4.98 Å². The van der Waals surface area contributed by atoms with Crippen LogP contribution in [0.25, 0.3) is 16.2 Å². The molecule has 4 rings (SSSR count). The van der Waals surface area contributed by atoms with Gasteiger partial charge in [-0.1, -0.05) is 47.5 Å². The summed E-state index contributed by atoms with van der Waals surface area (Å²) in [6.07, 6.45) is 1.90. The number of amides is 1. The van der Waals surface area contributed by atoms with Gasteiger partial charge in [0.2, 0.25) is 0 Å². The zero-order chi connectivity index (χ0) is 18.3. The van der Waals surface area contributed by atoms with Crippen molar-refractivity contribution in [3.8, 4) is 11.3 Å². The molecule has 0 fully saturated rings. The highest BCUT2D eigenvalue weighted by Gasteiger charge is 2.16. The number of carbonyl (C=O) groups excluding carboxylic acids is 1. The first-order valence-corrected chi connectivity index (χ1v) is 9.39. The fraction of sp³-hybridized carbons (Fsp3) is 0.100. The zero-order valence-electron chi connectivity index (χ0n) is 14.3. The summed E-state index contributed by atoms with van der Waals surface area (Å²) in [5.74, 6) is -0.186. The van der Waals surface area contributed by atoms with E-state index >= 15 is 0 Å². The highest BCUT2D eigenvalue weighted by molar-refractivity contribution is 7.15. The average Bonchev–Trinajstić information content (AvgIpc) is 3.20. The van der Waals surface area contributed by atoms with Crippen LogP contribution >= 0.6 is 22.9 Å². The van der Waals surface area contributed by atoms with E-state index in [4.69, 9.17) is 11.6 Å². The quantitative estimate of drug-likeness (QED) is 0.503. The second kappa shape index (κ2) is 6.59. The molecule has 2 heterocycles. The minimum atomic E-state index is -0.186. The van der Waals surface area contributed by atoms with Crippen molar-refractivity contribution in [3.63, 3.8) is 0 Å². The number of anilines is 1. The summed E-state index contributed by atoms with van der Waals surface area (Å²) < 4.78 is 1.83. The predicted molar refractivity (Wildman–Crippen MR) is 107 cm³/mol. The van der Waals surface area contributed by atoms with E-state index in [9.17, 15) is 4.79 Å². The van der Waals surface area contributed by atoms with Crippen LogP contribution in [-0.4, -0.2) is 15.3 Å². The van der Waals surface area contributed by atoms with Gasteiger partial charge in [-0.3, -0.25) is 9.20 Å². The number of hydrogen-bond acceptors (Lipinski definition) is 3. The second-order valence-electron chi connectivity index (χ2n) is 6.13. The largest absolute Gasteiger partial charge is 0.320 e. The molecule has 4 nitrogen and oxygen atoms in total. The maximum absolute atomic E-state index is 12.7. The van der Waals surface area contributed by atoms with Crippen molar-refractivity contribution in [3.05, 3.63) is 75.9 Å². The summed E-state index contributed by atoms with van der Waals surface area (Å²) in [5, 5.41) is 5.38. The molecule has 2 aromatic carbocycles. The van der Waals surface area contributed by atoms with Crippen LogP contribution in [0.4, 0.5) is 5.69 Å². The molecule has 130 valence electrons. The normalized spacial score (nSPS) is 11.0. The lowest BCUT2D eigenvalue weighted by Gasteiger charge is -2.08. The first-order chi connectivity index (χ1) is 12.5. The Hall–Kier alpha value is -2.63. The predicted octanol–water partition coefficient (Wildman–Crippen LogP) is 5.59. The molecule has 0 aliphatic carbocycles. The van der Waals surface area contributed by atoms with Crippen LogP contribution in [-0.2, 0) is 0 Å². The molecule has 0 atom stereocenters. The van der Waals surface area contributed by atoms with Gasteiger partial charge in [-0.05, 0) is 31.5 Å². The van der Waals surface area contributed by atoms with Gasteiger partial charge in [0, 0.05) is 27.9 Å². The van der Waals surface area contributed by atoms with E-state index in [1.807, 2.05) is 47.2 Å². The summed E-state index contributed by atoms with van der Waals surface area (Å²) in [5.41, 5.74) is 5.19. The molecule has 0 saturated carbocycles. The summed E-state index contributed by atoms with van der Waals surface area (Å²) in [6.45, 7) is 3.93. The molecule has 0 aliphatic rings. The van der Waals surface area contributed by atoms with E-state index in [0.717, 1.165) is 21.8 Å². The summed E-state index contributed by atoms with van der Waals surface area (Å²) in [6, 6.07) is 13.7. The second-order valence-corrected chi connectivity index (χ2v) is 7.38. The fourth-order valence-corrected chi connectivity index (χ4v) is 3.77. The van der Waals surface area contributed by atoms with Crippen molar-refractivity contribution in [2.45, 2.75) is 13.8 Å². The molecule has 2 aromatic heterocycles. The van der Waals surface area contributed by atoms with Gasteiger partial charge >= 0.3 is 0 Å². The molecule has 26 heavy (non-hydrogen) atoms. The lowest BCUT2D eigenvalue weighted by atomic mass is 10.1. The standard InChI is InChI=1S/C20H16ClN3OS/c1-12-6-8-14(9-7-12)17-10-24-18(11-26-20(24)23-17)19(25)22-16-5-3-4-15(21)13(16)2/h3-11H,1-2H3,(H,22,25). The van der Waals surface area contributed by atoms with Crippen molar-refractivity contribution >= 4 is 39.5 Å². The highest BCUT2D eigenvalue weighted by atomic mass is 35.5. The molecule has 1 N–H and O–H groups in total. The Bertz CT molecular complexity index is 1110. The zero-order valence-corrected chi connectivity index (χ0v) is 15.9. The Morgan fingerprint density at radius 3 is 2.69 bits per heavy atom. The van der Waals surface area contributed by atoms with E-state index in [2.05, 4.69) is 29.4 Å². The number of halogens is 1. The van der Waals surface area contributed by atoms with Gasteiger partial charge in [0.15, 0.2) is 4.96 Å². The molecule has 0 spiro atoms. The maximum Gasteiger partial charge on any atom is 0.273 e. The topological polar surface area (TPSA) is 46.4 Å². The lowest BCUT2D eigenvalue weighted by Crippen LogP contribution is -2.14. The number of fused-ring (bicyclic) bond motifs is 1. The van der Waals surface area contributed by atoms with Crippen molar-refractivity contribution in [2.24, 2.45) is 0 Å². The Morgan fingerprint density at radius 1 is 1.15 bits per heavy atom. The third-order valence-corrected chi connectivity index (χ3v) is 5.55. The number of imidazole rings is 1. The Kier molecular flexibility index (Phi) is 4.26. The molecule has 0 aliphatic heterocycles. The van der Waals surface area contributed by atoms with E-state index in [1.165, 1.54) is 16.9 Å². The minimum Gasteiger partial charge on any atom is -0.320 e. The van der Waals surface area contributed by atoms with Crippen LogP contribution in [0.3, 0.4) is 0 Å². The minimum absolute atomic E-state index is 0.186. The number of carbonyl (C=O) groups is 1. The average molecular weight is 382 g/mol. The van der Waals surface area contributed by atoms with Crippen molar-refractivity contribution in [1.82, 2.24) is 9.38 Å². The number of benzene rings is 2. The van der Waals surface area contributed by atoms with E-state index in [-0.39, 0.29) is 5.91 Å². The van der Waals surface area contributed by atoms with Gasteiger partial charge in [0.05, 0.1) is 5.69 Å². The van der Waals surface area contributed by atoms with Gasteiger partial charge in [-0.15, -0.1) is 11.3 Å². The number of aromatic nitrogens is 2. The van der Waals surface area contributed by atoms with Gasteiger partial charge in [-0.2, -0.15) is 0 Å². The fourth-order valence-electron chi connectivity index (χ4n) is 2.74. The number of aryl methyl sites for hydroxylation is 1. The van der Waals surface area contributed by atoms with Crippen LogP contribution in [0.1, 0.15) is 21.6 Å². The highest BCUT2D eigenvalue weighted by Crippen LogP contribution is 2.26. The molecular formula is C20H16ClN3OS. The Balaban J connectivity index is 1.67. The molecule has 0 bridgehead atoms. The summed E-state index contributed by atoms with van der Waals surface area (Å²) in [4.78, 5) is 18.2. The summed E-state index contributed by atoms with van der Waals surface area (Å²) in [7, 11) is 0. The van der Waals surface area contributed by atoms with Crippen LogP contribution in [0.15, 0.2) is 54.0 Å². The number of nitrogens with zero attached hydrogens (tertiary/aromatic N) is 2. The Morgan fingerprint density at radius 2 is 1.92 bits per heavy atom. The number of nitrogens with one attached hydrogen (secondary N) is 1. The van der Waals surface area contributed by atoms with Crippen LogP contribution < -0.4 is 5.32 Å². The molecule has 0 unspecified atom stereocenters. The molecular weight excluding hydrogens is 366 g/mol. The first kappa shape index (κ1) is 16.8. The van der Waals surface area contributed by atoms with E-state index in [1.54, 1.807) is 6.07 Å². The maximum atomic E-state index is 12.7. The van der Waals surface area contributed by atoms with Crippen molar-refractivity contribution in [1.29, 1.82) is 0 Å². The number of thiazole rings is 1. The lowest BCUT2D eigenvalue weighted by molar-refractivity contribution is 0.102. The third-order valence-electron chi connectivity index (χ3n) is 4.30. The number of rotatable bonds is 3. The first-order valence-electron chi connectivity index (χ1n) is 8.13.